The van der Waals surface area contributed by atoms with Crippen LogP contribution in [0.4, 0.5) is 17.1 Å². The van der Waals surface area contributed by atoms with Crippen molar-refractivity contribution in [2.75, 3.05) is 30.8 Å². The number of guanidine groups is 1. The van der Waals surface area contributed by atoms with Crippen LogP contribution < -0.4 is 27.0 Å². The predicted molar refractivity (Wildman–Crippen MR) is 137 cm³/mol. The van der Waals surface area contributed by atoms with Crippen molar-refractivity contribution in [2.45, 2.75) is 0 Å². The van der Waals surface area contributed by atoms with Crippen molar-refractivity contribution in [1.82, 2.24) is 24.3 Å². The van der Waals surface area contributed by atoms with E-state index in [9.17, 15) is 24.5 Å². The number of hydrogen-bond donors (Lipinski definition) is 5. The van der Waals surface area contributed by atoms with Crippen molar-refractivity contribution in [3.8, 4) is 0 Å². The number of hydrogen-bond acceptors (Lipinski definition) is 6. The van der Waals surface area contributed by atoms with E-state index in [0.717, 1.165) is 0 Å². The Balaban J connectivity index is 1.63. The number of nitrogens with two attached hydrogens (primary N) is 1. The Hall–Kier alpha value is -5.08. The molecule has 0 aliphatic carbocycles. The van der Waals surface area contributed by atoms with Gasteiger partial charge in [-0.25, -0.2) is 0 Å². The smallest absolute Gasteiger partial charge is 0.287 e. The van der Waals surface area contributed by atoms with Gasteiger partial charge in [-0.05, 0) is 12.1 Å². The Bertz CT molecular complexity index is 1380. The molecule has 0 fully saturated rings. The zero-order chi connectivity index (χ0) is 27.3. The molecule has 0 spiro atoms. The molecule has 0 saturated heterocycles. The Morgan fingerprint density at radius 2 is 1.30 bits per heavy atom. The lowest BCUT2D eigenvalue weighted by Gasteiger charge is -2.07. The maximum Gasteiger partial charge on any atom is 0.287 e. The second kappa shape index (κ2) is 11.1. The van der Waals surface area contributed by atoms with Crippen molar-refractivity contribution in [2.24, 2.45) is 31.9 Å². The lowest BCUT2D eigenvalue weighted by molar-refractivity contribution is -0.384. The fraction of sp³-hybridized carbons (Fsp3) is 0.273. The fourth-order valence-corrected chi connectivity index (χ4v) is 3.52. The number of carbonyl (C=O) groups is 3. The van der Waals surface area contributed by atoms with Crippen LogP contribution in [0.5, 0.6) is 0 Å². The number of amides is 3. The third-order valence-corrected chi connectivity index (χ3v) is 5.38. The van der Waals surface area contributed by atoms with Crippen LogP contribution in [-0.4, -0.2) is 62.4 Å². The molecule has 0 aliphatic heterocycles. The van der Waals surface area contributed by atoms with Crippen LogP contribution in [0.25, 0.3) is 0 Å². The van der Waals surface area contributed by atoms with E-state index in [1.807, 2.05) is 0 Å². The Labute approximate surface area is 211 Å². The van der Waals surface area contributed by atoms with Crippen molar-refractivity contribution < 1.29 is 19.3 Å². The third kappa shape index (κ3) is 6.33. The number of aryl methyl sites for hydroxylation is 3. The second-order valence-corrected chi connectivity index (χ2v) is 8.10. The molecular weight excluding hydrogens is 484 g/mol. The van der Waals surface area contributed by atoms with Crippen molar-refractivity contribution in [3.05, 3.63) is 64.0 Å². The number of rotatable bonds is 9. The summed E-state index contributed by atoms with van der Waals surface area (Å²) in [6.07, 6.45) is 4.38. The molecule has 3 heterocycles. The lowest BCUT2D eigenvalue weighted by Crippen LogP contribution is -2.38. The Morgan fingerprint density at radius 1 is 0.838 bits per heavy atom. The molecule has 15 heteroatoms. The van der Waals surface area contributed by atoms with Crippen molar-refractivity contribution >= 4 is 40.7 Å². The molecule has 3 amide bonds. The van der Waals surface area contributed by atoms with Crippen LogP contribution in [0.3, 0.4) is 0 Å². The van der Waals surface area contributed by atoms with Crippen molar-refractivity contribution in [3.63, 3.8) is 0 Å². The van der Waals surface area contributed by atoms with Crippen LogP contribution >= 0.6 is 0 Å². The van der Waals surface area contributed by atoms with Gasteiger partial charge >= 0.3 is 0 Å². The van der Waals surface area contributed by atoms with Gasteiger partial charge in [0.2, 0.25) is 0 Å². The summed E-state index contributed by atoms with van der Waals surface area (Å²) in [7, 11) is 6.38. The first-order valence-electron chi connectivity index (χ1n) is 11.0. The minimum Gasteiger partial charge on any atom is -0.370 e. The van der Waals surface area contributed by atoms with Gasteiger partial charge in [0.1, 0.15) is 17.1 Å². The molecule has 3 aromatic rings. The summed E-state index contributed by atoms with van der Waals surface area (Å²) < 4.78 is 4.45. The molecule has 37 heavy (non-hydrogen) atoms. The number of nitrogens with zero attached hydrogens (tertiary/aromatic N) is 5. The normalized spacial score (nSPS) is 11.2. The largest absolute Gasteiger partial charge is 0.370 e. The summed E-state index contributed by atoms with van der Waals surface area (Å²) in [6, 6.07) is 4.18. The van der Waals surface area contributed by atoms with E-state index in [2.05, 4.69) is 26.3 Å². The summed E-state index contributed by atoms with van der Waals surface area (Å²) in [5.74, 6) is -1.09. The van der Waals surface area contributed by atoms with Gasteiger partial charge in [0.15, 0.2) is 5.96 Å². The summed E-state index contributed by atoms with van der Waals surface area (Å²) >= 11 is 0. The molecule has 6 N–H and O–H groups in total. The van der Waals surface area contributed by atoms with Gasteiger partial charge in [-0.2, -0.15) is 0 Å². The molecule has 3 aromatic heterocycles. The highest BCUT2D eigenvalue weighted by atomic mass is 16.6. The number of aliphatic imine (C=N–C) groups is 1. The van der Waals surface area contributed by atoms with Gasteiger partial charge in [0.05, 0.1) is 22.5 Å². The van der Waals surface area contributed by atoms with Crippen LogP contribution in [0.2, 0.25) is 0 Å². The van der Waals surface area contributed by atoms with E-state index >= 15 is 0 Å². The first kappa shape index (κ1) is 26.5. The van der Waals surface area contributed by atoms with Gasteiger partial charge in [-0.1, -0.05) is 0 Å². The third-order valence-electron chi connectivity index (χ3n) is 5.38. The van der Waals surface area contributed by atoms with E-state index in [0.29, 0.717) is 30.2 Å². The van der Waals surface area contributed by atoms with Gasteiger partial charge in [0.25, 0.3) is 23.4 Å². The highest BCUT2D eigenvalue weighted by molar-refractivity contribution is 6.07. The molecule has 0 aromatic carbocycles. The molecule has 0 atom stereocenters. The first-order chi connectivity index (χ1) is 17.5. The monoisotopic (exact) mass is 512 g/mol. The SMILES string of the molecule is CN=C(N)NCCNC(=O)c1cc(NC(=O)c2cc(NC(=O)c3cc([N+](=O)[O-])cn3C)cn2C)cn1C. The van der Waals surface area contributed by atoms with Gasteiger partial charge in [-0.3, -0.25) is 29.5 Å². The molecular formula is C22H28N10O5. The highest BCUT2D eigenvalue weighted by Crippen LogP contribution is 2.20. The Kier molecular flexibility index (Phi) is 7.96. The van der Waals surface area contributed by atoms with E-state index in [-0.39, 0.29) is 28.9 Å². The van der Waals surface area contributed by atoms with E-state index in [1.165, 1.54) is 46.8 Å². The highest BCUT2D eigenvalue weighted by Gasteiger charge is 2.20. The molecule has 196 valence electrons. The zero-order valence-electron chi connectivity index (χ0n) is 20.7. The number of aromatic nitrogens is 3. The topological polar surface area (TPSA) is 196 Å². The van der Waals surface area contributed by atoms with Gasteiger partial charge in [0, 0.05) is 59.7 Å². The van der Waals surface area contributed by atoms with E-state index in [4.69, 9.17) is 5.73 Å². The quantitative estimate of drug-likeness (QED) is 0.0898. The summed E-state index contributed by atoms with van der Waals surface area (Å²) in [5, 5.41) is 21.9. The number of carbonyl (C=O) groups excluding carboxylic acids is 3. The predicted octanol–water partition coefficient (Wildman–Crippen LogP) is 0.379. The number of anilines is 2. The molecule has 0 unspecified atom stereocenters. The number of nitrogens with one attached hydrogen (secondary N) is 4. The minimum atomic E-state index is -0.587. The fourth-order valence-electron chi connectivity index (χ4n) is 3.52. The summed E-state index contributed by atoms with van der Waals surface area (Å²) in [4.78, 5) is 52.0. The van der Waals surface area contributed by atoms with Crippen LogP contribution in [0.1, 0.15) is 31.5 Å². The molecule has 0 aliphatic rings. The molecule has 15 nitrogen and oxygen atoms in total. The first-order valence-corrected chi connectivity index (χ1v) is 11.0. The average Bonchev–Trinajstić information content (AvgIpc) is 3.52. The van der Waals surface area contributed by atoms with Gasteiger partial charge in [-0.15, -0.1) is 0 Å². The molecule has 0 saturated carbocycles. The van der Waals surface area contributed by atoms with E-state index < -0.39 is 16.7 Å². The van der Waals surface area contributed by atoms with Crippen LogP contribution in [-0.2, 0) is 21.1 Å². The average molecular weight is 513 g/mol. The van der Waals surface area contributed by atoms with E-state index in [1.54, 1.807) is 31.9 Å². The van der Waals surface area contributed by atoms with Crippen molar-refractivity contribution in [1.29, 1.82) is 0 Å². The number of nitro groups is 1. The zero-order valence-corrected chi connectivity index (χ0v) is 20.7. The minimum absolute atomic E-state index is 0.0920. The van der Waals surface area contributed by atoms with Gasteiger partial charge < -0.3 is 40.7 Å². The molecule has 3 rings (SSSR count). The summed E-state index contributed by atoms with van der Waals surface area (Å²) in [5.41, 5.74) is 6.74. The maximum atomic E-state index is 12.9. The van der Waals surface area contributed by atoms with Crippen LogP contribution in [0, 0.1) is 10.1 Å². The summed E-state index contributed by atoms with van der Waals surface area (Å²) in [6.45, 7) is 0.714. The lowest BCUT2D eigenvalue weighted by atomic mass is 10.3. The standard InChI is InChI=1S/C22H28N10O5/c1-24-22(23)26-6-5-25-19(33)16-7-13(10-29(16)2)27-20(34)17-8-14(11-30(17)3)28-21(35)18-9-15(32(36)37)12-31(18)4/h7-12H,5-6H2,1-4H3,(H,25,33)(H,27,34)(H,28,35)(H3,23,24,26). The maximum absolute atomic E-state index is 12.9. The molecule has 0 bridgehead atoms. The molecule has 0 radical (unpaired) electrons. The van der Waals surface area contributed by atoms with Crippen LogP contribution in [0.15, 0.2) is 41.8 Å². The Morgan fingerprint density at radius 3 is 1.78 bits per heavy atom. The second-order valence-electron chi connectivity index (χ2n) is 8.10.